The molecule has 2 aliphatic heterocycles. The first-order valence-corrected chi connectivity index (χ1v) is 9.46. The molecule has 142 valence electrons. The molecule has 1 atom stereocenters. The number of ether oxygens (including phenoxy) is 5. The fourth-order valence-corrected chi connectivity index (χ4v) is 4.42. The van der Waals surface area contributed by atoms with Crippen molar-refractivity contribution < 1.29 is 28.5 Å². The van der Waals surface area contributed by atoms with Crippen LogP contribution in [0.5, 0.6) is 11.5 Å². The van der Waals surface area contributed by atoms with Crippen LogP contribution in [0.25, 0.3) is 0 Å². The zero-order chi connectivity index (χ0) is 18.3. The second-order valence-corrected chi connectivity index (χ2v) is 7.57. The number of halogens is 2. The number of benzene rings is 1. The highest BCUT2D eigenvalue weighted by molar-refractivity contribution is 6.38. The average Bonchev–Trinajstić information content (AvgIpc) is 3.12. The van der Waals surface area contributed by atoms with E-state index in [2.05, 4.69) is 0 Å². The molecule has 4 rings (SSSR count). The molecule has 0 unspecified atom stereocenters. The Morgan fingerprint density at radius 3 is 2.54 bits per heavy atom. The van der Waals surface area contributed by atoms with Crippen molar-refractivity contribution in [3.05, 3.63) is 21.7 Å². The summed E-state index contributed by atoms with van der Waals surface area (Å²) >= 11 is 12.6. The van der Waals surface area contributed by atoms with E-state index in [0.717, 1.165) is 25.7 Å². The highest BCUT2D eigenvalue weighted by Crippen LogP contribution is 2.48. The number of carbonyl (C=O) groups is 1. The van der Waals surface area contributed by atoms with Crippen LogP contribution in [0.15, 0.2) is 6.07 Å². The number of methoxy groups -OCH3 is 1. The van der Waals surface area contributed by atoms with Gasteiger partial charge in [-0.2, -0.15) is 0 Å². The van der Waals surface area contributed by atoms with Crippen LogP contribution in [0.3, 0.4) is 0 Å². The Bertz CT molecular complexity index is 706. The van der Waals surface area contributed by atoms with E-state index in [1.54, 1.807) is 0 Å². The topological polar surface area (TPSA) is 63.2 Å². The number of esters is 1. The van der Waals surface area contributed by atoms with Crippen LogP contribution >= 0.6 is 23.2 Å². The van der Waals surface area contributed by atoms with Crippen molar-refractivity contribution >= 4 is 29.2 Å². The van der Waals surface area contributed by atoms with E-state index in [4.69, 9.17) is 46.9 Å². The van der Waals surface area contributed by atoms with Gasteiger partial charge in [0, 0.05) is 12.8 Å². The van der Waals surface area contributed by atoms with Crippen LogP contribution in [0.2, 0.25) is 10.0 Å². The molecule has 2 fully saturated rings. The summed E-state index contributed by atoms with van der Waals surface area (Å²) in [6, 6.07) is 1.45. The monoisotopic (exact) mass is 402 g/mol. The van der Waals surface area contributed by atoms with Crippen molar-refractivity contribution in [3.63, 3.8) is 0 Å². The summed E-state index contributed by atoms with van der Waals surface area (Å²) < 4.78 is 28.2. The molecule has 1 spiro atoms. The molecule has 1 aromatic rings. The molecule has 1 aliphatic carbocycles. The summed E-state index contributed by atoms with van der Waals surface area (Å²) in [4.78, 5) is 11.8. The Labute approximate surface area is 161 Å². The molecule has 0 aromatic heterocycles. The van der Waals surface area contributed by atoms with Gasteiger partial charge in [0.05, 0.1) is 30.9 Å². The predicted octanol–water partition coefficient (Wildman–Crippen LogP) is 3.85. The molecule has 8 heteroatoms. The summed E-state index contributed by atoms with van der Waals surface area (Å²) in [5.41, 5.74) is 0.162. The summed E-state index contributed by atoms with van der Waals surface area (Å²) in [6.45, 7) is 1.68. The second kappa shape index (κ2) is 7.08. The SMILES string of the molecule is COC(=O)c1cc(Cl)c2c(c1Cl)OC[C@@H](C1CCC3(CC1)OCCO3)O2. The molecular weight excluding hydrogens is 383 g/mol. The van der Waals surface area contributed by atoms with E-state index in [0.29, 0.717) is 37.2 Å². The molecule has 1 saturated carbocycles. The molecule has 3 aliphatic rings. The molecular formula is C18H20Cl2O6. The second-order valence-electron chi connectivity index (χ2n) is 6.78. The van der Waals surface area contributed by atoms with E-state index < -0.39 is 11.8 Å². The molecule has 26 heavy (non-hydrogen) atoms. The van der Waals surface area contributed by atoms with E-state index in [1.165, 1.54) is 13.2 Å². The van der Waals surface area contributed by atoms with Gasteiger partial charge in [-0.15, -0.1) is 0 Å². The minimum Gasteiger partial charge on any atom is -0.484 e. The number of carbonyl (C=O) groups excluding carboxylic acids is 1. The highest BCUT2D eigenvalue weighted by atomic mass is 35.5. The van der Waals surface area contributed by atoms with Gasteiger partial charge in [-0.25, -0.2) is 4.79 Å². The first kappa shape index (κ1) is 18.2. The van der Waals surface area contributed by atoms with E-state index in [9.17, 15) is 4.79 Å². The Kier molecular flexibility index (Phi) is 4.94. The number of hydrogen-bond acceptors (Lipinski definition) is 6. The lowest BCUT2D eigenvalue weighted by Crippen LogP contribution is -2.43. The molecule has 1 aromatic carbocycles. The maximum Gasteiger partial charge on any atom is 0.339 e. The van der Waals surface area contributed by atoms with Gasteiger partial charge in [0.1, 0.15) is 17.7 Å². The summed E-state index contributed by atoms with van der Waals surface area (Å²) in [7, 11) is 1.28. The standard InChI is InChI=1S/C18H20Cl2O6/c1-22-17(21)11-8-12(19)15-16(14(11)20)23-9-13(26-15)10-2-4-18(5-3-10)24-6-7-25-18/h8,10,13H,2-7,9H2,1H3/t13-/m0/s1. The van der Waals surface area contributed by atoms with Crippen LogP contribution in [0.1, 0.15) is 36.0 Å². The third-order valence-corrected chi connectivity index (χ3v) is 5.98. The smallest absolute Gasteiger partial charge is 0.339 e. The van der Waals surface area contributed by atoms with Gasteiger partial charge in [-0.05, 0) is 24.8 Å². The van der Waals surface area contributed by atoms with Crippen LogP contribution in [-0.4, -0.2) is 44.8 Å². The fourth-order valence-electron chi connectivity index (χ4n) is 3.90. The summed E-state index contributed by atoms with van der Waals surface area (Å²) in [5.74, 6) is 0.0244. The van der Waals surface area contributed by atoms with Gasteiger partial charge in [0.25, 0.3) is 0 Å². The number of fused-ring (bicyclic) bond motifs is 1. The van der Waals surface area contributed by atoms with E-state index in [-0.39, 0.29) is 21.7 Å². The van der Waals surface area contributed by atoms with Gasteiger partial charge < -0.3 is 23.7 Å². The van der Waals surface area contributed by atoms with Gasteiger partial charge >= 0.3 is 5.97 Å². The first-order chi connectivity index (χ1) is 12.5. The molecule has 6 nitrogen and oxygen atoms in total. The summed E-state index contributed by atoms with van der Waals surface area (Å²) in [5, 5.41) is 0.439. The van der Waals surface area contributed by atoms with Crippen LogP contribution in [0.4, 0.5) is 0 Å². The first-order valence-electron chi connectivity index (χ1n) is 8.71. The van der Waals surface area contributed by atoms with Crippen LogP contribution in [-0.2, 0) is 14.2 Å². The minimum absolute atomic E-state index is 0.126. The highest BCUT2D eigenvalue weighted by Gasteiger charge is 2.43. The van der Waals surface area contributed by atoms with Gasteiger partial charge in [-0.1, -0.05) is 23.2 Å². The average molecular weight is 403 g/mol. The maximum absolute atomic E-state index is 11.8. The number of hydrogen-bond donors (Lipinski definition) is 0. The van der Waals surface area contributed by atoms with E-state index >= 15 is 0 Å². The molecule has 0 amide bonds. The Balaban J connectivity index is 1.50. The number of rotatable bonds is 2. The van der Waals surface area contributed by atoms with Crippen molar-refractivity contribution in [2.75, 3.05) is 26.9 Å². The quantitative estimate of drug-likeness (QED) is 0.699. The van der Waals surface area contributed by atoms with Crippen LogP contribution < -0.4 is 9.47 Å². The zero-order valence-corrected chi connectivity index (χ0v) is 15.9. The molecule has 2 heterocycles. The normalized spacial score (nSPS) is 24.7. The van der Waals surface area contributed by atoms with Crippen molar-refractivity contribution in [3.8, 4) is 11.5 Å². The van der Waals surface area contributed by atoms with E-state index in [1.807, 2.05) is 0 Å². The lowest BCUT2D eigenvalue weighted by atomic mass is 9.82. The fraction of sp³-hybridized carbons (Fsp3) is 0.611. The van der Waals surface area contributed by atoms with Gasteiger partial charge in [-0.3, -0.25) is 0 Å². The molecule has 0 N–H and O–H groups in total. The molecule has 0 bridgehead atoms. The Hall–Kier alpha value is -1.21. The zero-order valence-electron chi connectivity index (χ0n) is 14.4. The Morgan fingerprint density at radius 1 is 1.19 bits per heavy atom. The van der Waals surface area contributed by atoms with Crippen molar-refractivity contribution in [1.82, 2.24) is 0 Å². The predicted molar refractivity (Wildman–Crippen MR) is 94.3 cm³/mol. The van der Waals surface area contributed by atoms with Crippen molar-refractivity contribution in [2.45, 2.75) is 37.6 Å². The molecule has 1 saturated heterocycles. The van der Waals surface area contributed by atoms with Crippen LogP contribution in [0, 0.1) is 5.92 Å². The van der Waals surface area contributed by atoms with Crippen molar-refractivity contribution in [1.29, 1.82) is 0 Å². The maximum atomic E-state index is 11.8. The van der Waals surface area contributed by atoms with Crippen molar-refractivity contribution in [2.24, 2.45) is 5.92 Å². The third-order valence-electron chi connectivity index (χ3n) is 5.33. The van der Waals surface area contributed by atoms with Gasteiger partial charge in [0.15, 0.2) is 17.3 Å². The Morgan fingerprint density at radius 2 is 1.88 bits per heavy atom. The lowest BCUT2D eigenvalue weighted by molar-refractivity contribution is -0.187. The molecule has 0 radical (unpaired) electrons. The summed E-state index contributed by atoms with van der Waals surface area (Å²) in [6.07, 6.45) is 3.42. The lowest BCUT2D eigenvalue weighted by Gasteiger charge is -2.40. The third kappa shape index (κ3) is 3.13. The van der Waals surface area contributed by atoms with Gasteiger partial charge in [0.2, 0.25) is 0 Å². The largest absolute Gasteiger partial charge is 0.484 e. The minimum atomic E-state index is -0.570.